The van der Waals surface area contributed by atoms with Gasteiger partial charge in [-0.15, -0.1) is 5.43 Å². The van der Waals surface area contributed by atoms with Gasteiger partial charge in [0, 0.05) is 0 Å². The van der Waals surface area contributed by atoms with Crippen LogP contribution in [-0.4, -0.2) is 11.6 Å². The predicted octanol–water partition coefficient (Wildman–Crippen LogP) is 1.07. The van der Waals surface area contributed by atoms with Crippen LogP contribution in [0.15, 0.2) is 5.10 Å². The molecule has 3 nitrogen and oxygen atoms in total. The topological polar surface area (TPSA) is 43.5 Å². The van der Waals surface area contributed by atoms with Crippen molar-refractivity contribution in [3.63, 3.8) is 0 Å². The van der Waals surface area contributed by atoms with Gasteiger partial charge in [-0.05, 0) is 12.8 Å². The van der Waals surface area contributed by atoms with Crippen LogP contribution in [-0.2, 0) is 4.79 Å². The summed E-state index contributed by atoms with van der Waals surface area (Å²) in [4.78, 5) is 10.5. The second-order valence-corrected chi connectivity index (χ2v) is 2.44. The van der Waals surface area contributed by atoms with E-state index in [2.05, 4.69) is 17.5 Å². The highest BCUT2D eigenvalue weighted by Crippen LogP contribution is 2.05. The summed E-state index contributed by atoms with van der Waals surface area (Å²) < 4.78 is 0. The van der Waals surface area contributed by atoms with Crippen molar-refractivity contribution in [2.24, 2.45) is 5.10 Å². The smallest absolute Gasteiger partial charge is 0.270 e. The summed E-state index contributed by atoms with van der Waals surface area (Å²) in [5.74, 6) is -0.0916. The molecule has 0 spiro atoms. The molecule has 1 aliphatic heterocycles. The maximum absolute atomic E-state index is 10.5. The first-order valence-corrected chi connectivity index (χ1v) is 3.62. The van der Waals surface area contributed by atoms with Crippen LogP contribution in [0.5, 0.6) is 0 Å². The van der Waals surface area contributed by atoms with Crippen molar-refractivity contribution in [3.8, 4) is 0 Å². The van der Waals surface area contributed by atoms with Gasteiger partial charge < -0.3 is 0 Å². The Kier molecular flexibility index (Phi) is 2.42. The van der Waals surface area contributed by atoms with Gasteiger partial charge >= 0.3 is 0 Å². The zero-order valence-corrected chi connectivity index (χ0v) is 6.13. The van der Waals surface area contributed by atoms with E-state index in [4.69, 9.17) is 0 Å². The number of nitrogens with zero attached hydrogens (tertiary/aromatic N) is 2. The molecule has 0 N–H and O–H groups in total. The van der Waals surface area contributed by atoms with Crippen LogP contribution in [0.25, 0.3) is 0 Å². The van der Waals surface area contributed by atoms with Crippen molar-refractivity contribution in [1.82, 2.24) is 5.43 Å². The maximum Gasteiger partial charge on any atom is 0.270 e. The van der Waals surface area contributed by atoms with Crippen LogP contribution >= 0.6 is 0 Å². The van der Waals surface area contributed by atoms with E-state index in [0.29, 0.717) is 6.42 Å². The third kappa shape index (κ3) is 1.83. The fourth-order valence-electron chi connectivity index (χ4n) is 0.891. The van der Waals surface area contributed by atoms with Crippen molar-refractivity contribution in [1.29, 1.82) is 0 Å². The normalized spacial score (nSPS) is 16.9. The van der Waals surface area contributed by atoms with Gasteiger partial charge in [0.25, 0.3) is 5.91 Å². The average molecular weight is 139 g/mol. The van der Waals surface area contributed by atoms with Crippen LogP contribution in [0.3, 0.4) is 0 Å². The predicted molar refractivity (Wildman–Crippen MR) is 38.7 cm³/mol. The lowest BCUT2D eigenvalue weighted by Crippen LogP contribution is -2.02. The van der Waals surface area contributed by atoms with Crippen molar-refractivity contribution in [3.05, 3.63) is 0 Å². The van der Waals surface area contributed by atoms with Gasteiger partial charge in [-0.25, -0.2) is 0 Å². The molecule has 0 aromatic heterocycles. The highest BCUT2D eigenvalue weighted by atomic mass is 16.2. The number of carbonyl (C=O) groups excluding carboxylic acids is 1. The highest BCUT2D eigenvalue weighted by Gasteiger charge is 2.14. The summed E-state index contributed by atoms with van der Waals surface area (Å²) in [6, 6.07) is 0. The molecule has 1 radical (unpaired) electrons. The maximum atomic E-state index is 10.5. The average Bonchev–Trinajstić information content (AvgIpc) is 2.31. The molecule has 0 atom stereocenters. The molecule has 1 amide bonds. The molecule has 10 heavy (non-hydrogen) atoms. The molecular weight excluding hydrogens is 128 g/mol. The lowest BCUT2D eigenvalue weighted by atomic mass is 10.1. The van der Waals surface area contributed by atoms with E-state index in [9.17, 15) is 4.79 Å². The van der Waals surface area contributed by atoms with E-state index in [0.717, 1.165) is 25.0 Å². The number of carbonyl (C=O) groups is 1. The Hall–Kier alpha value is -0.860. The summed E-state index contributed by atoms with van der Waals surface area (Å²) in [6.07, 6.45) is 3.65. The third-order valence-corrected chi connectivity index (χ3v) is 1.48. The van der Waals surface area contributed by atoms with Crippen molar-refractivity contribution in [2.75, 3.05) is 0 Å². The number of amides is 1. The van der Waals surface area contributed by atoms with E-state index >= 15 is 0 Å². The molecule has 1 rings (SSSR count). The number of rotatable bonds is 3. The van der Waals surface area contributed by atoms with Crippen LogP contribution < -0.4 is 5.43 Å². The van der Waals surface area contributed by atoms with Gasteiger partial charge in [-0.1, -0.05) is 13.3 Å². The molecule has 0 aliphatic carbocycles. The van der Waals surface area contributed by atoms with E-state index in [1.54, 1.807) is 0 Å². The van der Waals surface area contributed by atoms with E-state index < -0.39 is 0 Å². The van der Waals surface area contributed by atoms with E-state index in [1.807, 2.05) is 0 Å². The van der Waals surface area contributed by atoms with Gasteiger partial charge in [0.05, 0.1) is 12.1 Å². The first kappa shape index (κ1) is 7.25. The molecule has 0 bridgehead atoms. The molecule has 1 aliphatic rings. The van der Waals surface area contributed by atoms with Gasteiger partial charge in [-0.2, -0.15) is 5.10 Å². The van der Waals surface area contributed by atoms with Crippen LogP contribution in [0, 0.1) is 0 Å². The quantitative estimate of drug-likeness (QED) is 0.576. The van der Waals surface area contributed by atoms with Crippen molar-refractivity contribution >= 4 is 11.6 Å². The zero-order chi connectivity index (χ0) is 7.40. The minimum atomic E-state index is -0.0916. The largest absolute Gasteiger partial charge is 0.270 e. The number of hydrogen-bond acceptors (Lipinski definition) is 2. The minimum Gasteiger partial charge on any atom is -0.270 e. The summed E-state index contributed by atoms with van der Waals surface area (Å²) in [5, 5.41) is 3.75. The second-order valence-electron chi connectivity index (χ2n) is 2.44. The Bertz CT molecular complexity index is 163. The third-order valence-electron chi connectivity index (χ3n) is 1.48. The Balaban J connectivity index is 2.23. The van der Waals surface area contributed by atoms with Gasteiger partial charge in [0.2, 0.25) is 0 Å². The first-order chi connectivity index (χ1) is 4.83. The minimum absolute atomic E-state index is 0.0916. The number of unbranched alkanes of at least 4 members (excludes halogenated alkanes) is 1. The molecule has 0 fully saturated rings. The summed E-state index contributed by atoms with van der Waals surface area (Å²) in [7, 11) is 0. The SMILES string of the molecule is CCCCC1=N[N]C(=O)C1. The molecular formula is C7H11N2O. The van der Waals surface area contributed by atoms with Gasteiger partial charge in [0.15, 0.2) is 0 Å². The first-order valence-electron chi connectivity index (χ1n) is 3.62. The molecule has 0 unspecified atom stereocenters. The fourth-order valence-corrected chi connectivity index (χ4v) is 0.891. The standard InChI is InChI=1S/C7H11N2O/c1-2-3-4-6-5-7(10)9-8-6/h2-5H2,1H3. The highest BCUT2D eigenvalue weighted by molar-refractivity contribution is 6.04. The monoisotopic (exact) mass is 139 g/mol. The molecule has 1 heterocycles. The van der Waals surface area contributed by atoms with Crippen LogP contribution in [0.4, 0.5) is 0 Å². The van der Waals surface area contributed by atoms with E-state index in [-0.39, 0.29) is 5.91 Å². The summed E-state index contributed by atoms with van der Waals surface area (Å²) >= 11 is 0. The molecule has 55 valence electrons. The van der Waals surface area contributed by atoms with Crippen molar-refractivity contribution < 1.29 is 4.79 Å². The molecule has 3 heteroatoms. The van der Waals surface area contributed by atoms with E-state index in [1.165, 1.54) is 0 Å². The lowest BCUT2D eigenvalue weighted by Gasteiger charge is -1.92. The van der Waals surface area contributed by atoms with Gasteiger partial charge in [0.1, 0.15) is 0 Å². The Morgan fingerprint density at radius 1 is 1.60 bits per heavy atom. The molecule has 0 aromatic carbocycles. The molecule has 0 aromatic rings. The zero-order valence-electron chi connectivity index (χ0n) is 6.13. The lowest BCUT2D eigenvalue weighted by molar-refractivity contribution is -0.119. The Labute approximate surface area is 60.5 Å². The number of hydrogen-bond donors (Lipinski definition) is 0. The molecule has 0 saturated carbocycles. The Morgan fingerprint density at radius 2 is 2.40 bits per heavy atom. The van der Waals surface area contributed by atoms with Crippen LogP contribution in [0.1, 0.15) is 32.6 Å². The Morgan fingerprint density at radius 3 is 2.90 bits per heavy atom. The fraction of sp³-hybridized carbons (Fsp3) is 0.714. The second kappa shape index (κ2) is 3.34. The summed E-state index contributed by atoms with van der Waals surface area (Å²) in [5.41, 5.74) is 4.37. The summed E-state index contributed by atoms with van der Waals surface area (Å²) in [6.45, 7) is 2.12. The van der Waals surface area contributed by atoms with Crippen LogP contribution in [0.2, 0.25) is 0 Å². The van der Waals surface area contributed by atoms with Crippen molar-refractivity contribution in [2.45, 2.75) is 32.6 Å². The molecule has 0 saturated heterocycles. The van der Waals surface area contributed by atoms with Gasteiger partial charge in [-0.3, -0.25) is 4.79 Å².